The van der Waals surface area contributed by atoms with Crippen molar-refractivity contribution < 1.29 is 24.3 Å². The molecule has 126 valence electrons. The first-order chi connectivity index (χ1) is 10.8. The van der Waals surface area contributed by atoms with Gasteiger partial charge in [0.05, 0.1) is 0 Å². The van der Waals surface area contributed by atoms with Crippen molar-refractivity contribution in [3.63, 3.8) is 0 Å². The SMILES string of the molecule is CC(C)c1noc(C2=CCC3CCC2N3C)n1.O=C(O)C(=O)O. The summed E-state index contributed by atoms with van der Waals surface area (Å²) >= 11 is 0. The van der Waals surface area contributed by atoms with Gasteiger partial charge < -0.3 is 14.7 Å². The highest BCUT2D eigenvalue weighted by atomic mass is 16.5. The number of likely N-dealkylation sites (N-methyl/N-ethyl adjacent to an activating group) is 1. The summed E-state index contributed by atoms with van der Waals surface area (Å²) in [6.45, 7) is 4.17. The second kappa shape index (κ2) is 6.91. The molecule has 2 aliphatic rings. The Labute approximate surface area is 133 Å². The molecule has 0 saturated carbocycles. The number of rotatable bonds is 2. The van der Waals surface area contributed by atoms with E-state index < -0.39 is 11.9 Å². The normalized spacial score (nSPS) is 23.2. The summed E-state index contributed by atoms with van der Waals surface area (Å²) in [7, 11) is 2.20. The fourth-order valence-electron chi connectivity index (χ4n) is 2.89. The molecular formula is C15H21N3O5. The molecule has 0 amide bonds. The van der Waals surface area contributed by atoms with Gasteiger partial charge in [0.15, 0.2) is 5.82 Å². The van der Waals surface area contributed by atoms with Crippen LogP contribution in [-0.4, -0.2) is 56.3 Å². The number of hydrogen-bond donors (Lipinski definition) is 2. The lowest BCUT2D eigenvalue weighted by Crippen LogP contribution is -2.35. The van der Waals surface area contributed by atoms with Crippen LogP contribution in [-0.2, 0) is 9.59 Å². The van der Waals surface area contributed by atoms with Gasteiger partial charge in [0.1, 0.15) is 0 Å². The van der Waals surface area contributed by atoms with Crippen LogP contribution in [0.15, 0.2) is 10.6 Å². The van der Waals surface area contributed by atoms with Crippen LogP contribution < -0.4 is 0 Å². The van der Waals surface area contributed by atoms with Crippen LogP contribution in [0.4, 0.5) is 0 Å². The Morgan fingerprint density at radius 1 is 1.30 bits per heavy atom. The number of carboxylic acids is 2. The van der Waals surface area contributed by atoms with E-state index in [0.29, 0.717) is 12.0 Å². The van der Waals surface area contributed by atoms with Crippen molar-refractivity contribution in [1.82, 2.24) is 15.0 Å². The summed E-state index contributed by atoms with van der Waals surface area (Å²) in [5.41, 5.74) is 1.24. The summed E-state index contributed by atoms with van der Waals surface area (Å²) in [5, 5.41) is 18.8. The number of aromatic nitrogens is 2. The number of nitrogens with zero attached hydrogens (tertiary/aromatic N) is 3. The molecule has 2 unspecified atom stereocenters. The smallest absolute Gasteiger partial charge is 0.414 e. The van der Waals surface area contributed by atoms with E-state index in [1.54, 1.807) is 0 Å². The van der Waals surface area contributed by atoms with E-state index in [9.17, 15) is 0 Å². The number of fused-ring (bicyclic) bond motifs is 2. The van der Waals surface area contributed by atoms with Crippen molar-refractivity contribution in [2.24, 2.45) is 0 Å². The zero-order chi connectivity index (χ0) is 17.1. The summed E-state index contributed by atoms with van der Waals surface area (Å²) in [5.74, 6) is -1.79. The Bertz CT molecular complexity index is 610. The van der Waals surface area contributed by atoms with E-state index in [1.807, 2.05) is 0 Å². The molecule has 0 aliphatic carbocycles. The molecule has 3 heterocycles. The van der Waals surface area contributed by atoms with E-state index in [1.165, 1.54) is 18.4 Å². The third-order valence-electron chi connectivity index (χ3n) is 4.20. The highest BCUT2D eigenvalue weighted by Crippen LogP contribution is 2.38. The topological polar surface area (TPSA) is 117 Å². The Kier molecular flexibility index (Phi) is 5.15. The minimum absolute atomic E-state index is 0.325. The van der Waals surface area contributed by atoms with Gasteiger partial charge in [0.25, 0.3) is 5.89 Å². The van der Waals surface area contributed by atoms with Gasteiger partial charge >= 0.3 is 11.9 Å². The van der Waals surface area contributed by atoms with Crippen molar-refractivity contribution in [1.29, 1.82) is 0 Å². The van der Waals surface area contributed by atoms with Crippen molar-refractivity contribution in [2.45, 2.75) is 51.1 Å². The fourth-order valence-corrected chi connectivity index (χ4v) is 2.89. The Morgan fingerprint density at radius 3 is 2.48 bits per heavy atom. The number of aliphatic carboxylic acids is 2. The van der Waals surface area contributed by atoms with Gasteiger partial charge in [-0.1, -0.05) is 25.1 Å². The van der Waals surface area contributed by atoms with Crippen molar-refractivity contribution in [3.05, 3.63) is 17.8 Å². The number of hydrogen-bond acceptors (Lipinski definition) is 6. The molecule has 2 bridgehead atoms. The first-order valence-corrected chi connectivity index (χ1v) is 7.53. The number of carboxylic acid groups (broad SMARTS) is 2. The molecule has 1 saturated heterocycles. The van der Waals surface area contributed by atoms with Crippen LogP contribution in [0.2, 0.25) is 0 Å². The monoisotopic (exact) mass is 323 g/mol. The minimum Gasteiger partial charge on any atom is -0.473 e. The van der Waals surface area contributed by atoms with Gasteiger partial charge in [-0.05, 0) is 26.3 Å². The Morgan fingerprint density at radius 2 is 1.96 bits per heavy atom. The lowest BCUT2D eigenvalue weighted by Gasteiger charge is -2.29. The molecule has 23 heavy (non-hydrogen) atoms. The molecular weight excluding hydrogens is 302 g/mol. The molecule has 8 heteroatoms. The molecule has 1 aromatic rings. The van der Waals surface area contributed by atoms with Crippen LogP contribution in [0, 0.1) is 0 Å². The molecule has 2 atom stereocenters. The molecule has 1 fully saturated rings. The second-order valence-corrected chi connectivity index (χ2v) is 6.03. The third-order valence-corrected chi connectivity index (χ3v) is 4.20. The van der Waals surface area contributed by atoms with E-state index in [4.69, 9.17) is 24.3 Å². The first kappa shape index (κ1) is 17.1. The van der Waals surface area contributed by atoms with Gasteiger partial charge in [-0.3, -0.25) is 4.90 Å². The Balaban J connectivity index is 0.000000277. The zero-order valence-corrected chi connectivity index (χ0v) is 13.4. The predicted molar refractivity (Wildman–Crippen MR) is 80.8 cm³/mol. The summed E-state index contributed by atoms with van der Waals surface area (Å²) in [6.07, 6.45) is 5.90. The van der Waals surface area contributed by atoms with Crippen molar-refractivity contribution in [2.75, 3.05) is 7.05 Å². The van der Waals surface area contributed by atoms with Gasteiger partial charge in [0, 0.05) is 23.6 Å². The average molecular weight is 323 g/mol. The lowest BCUT2D eigenvalue weighted by atomic mass is 10.0. The maximum absolute atomic E-state index is 9.10. The maximum Gasteiger partial charge on any atom is 0.414 e. The summed E-state index contributed by atoms with van der Waals surface area (Å²) < 4.78 is 5.41. The fraction of sp³-hybridized carbons (Fsp3) is 0.600. The van der Waals surface area contributed by atoms with Crippen LogP contribution in [0.5, 0.6) is 0 Å². The van der Waals surface area contributed by atoms with Crippen LogP contribution in [0.3, 0.4) is 0 Å². The van der Waals surface area contributed by atoms with E-state index in [-0.39, 0.29) is 0 Å². The van der Waals surface area contributed by atoms with E-state index in [2.05, 4.69) is 42.0 Å². The highest BCUT2D eigenvalue weighted by Gasteiger charge is 2.37. The predicted octanol–water partition coefficient (Wildman–Crippen LogP) is 1.60. The van der Waals surface area contributed by atoms with Gasteiger partial charge in [-0.2, -0.15) is 4.98 Å². The second-order valence-electron chi connectivity index (χ2n) is 6.03. The maximum atomic E-state index is 9.10. The van der Waals surface area contributed by atoms with Gasteiger partial charge in [0.2, 0.25) is 0 Å². The quantitative estimate of drug-likeness (QED) is 0.788. The summed E-state index contributed by atoms with van der Waals surface area (Å²) in [4.78, 5) is 25.2. The molecule has 1 aromatic heterocycles. The van der Waals surface area contributed by atoms with Crippen LogP contribution >= 0.6 is 0 Å². The molecule has 0 spiro atoms. The standard InChI is InChI=1S/C13H19N3O.C2H2O4/c1-8(2)12-14-13(17-15-12)10-6-4-9-5-7-11(10)16(9)3;3-1(4)2(5)6/h6,8-9,11H,4-5,7H2,1-3H3;(H,3,4)(H,5,6). The Hall–Kier alpha value is -2.22. The van der Waals surface area contributed by atoms with Crippen LogP contribution in [0.25, 0.3) is 5.57 Å². The van der Waals surface area contributed by atoms with Crippen LogP contribution in [0.1, 0.15) is 50.7 Å². The van der Waals surface area contributed by atoms with Crippen molar-refractivity contribution in [3.8, 4) is 0 Å². The molecule has 3 rings (SSSR count). The average Bonchev–Trinajstić information content (AvgIpc) is 3.04. The minimum atomic E-state index is -1.82. The van der Waals surface area contributed by atoms with E-state index >= 15 is 0 Å². The molecule has 8 nitrogen and oxygen atoms in total. The third kappa shape index (κ3) is 3.76. The molecule has 0 radical (unpaired) electrons. The number of carbonyl (C=O) groups is 2. The highest BCUT2D eigenvalue weighted by molar-refractivity contribution is 6.27. The molecule has 2 aliphatic heterocycles. The molecule has 2 N–H and O–H groups in total. The van der Waals surface area contributed by atoms with Crippen molar-refractivity contribution >= 4 is 17.5 Å². The largest absolute Gasteiger partial charge is 0.473 e. The van der Waals surface area contributed by atoms with Gasteiger partial charge in [-0.25, -0.2) is 9.59 Å². The van der Waals surface area contributed by atoms with Gasteiger partial charge in [-0.15, -0.1) is 0 Å². The summed E-state index contributed by atoms with van der Waals surface area (Å²) in [6, 6.07) is 1.20. The lowest BCUT2D eigenvalue weighted by molar-refractivity contribution is -0.159. The zero-order valence-electron chi connectivity index (χ0n) is 13.4. The first-order valence-electron chi connectivity index (χ1n) is 7.53. The van der Waals surface area contributed by atoms with E-state index in [0.717, 1.165) is 24.2 Å². The molecule has 0 aromatic carbocycles.